The van der Waals surface area contributed by atoms with Crippen molar-refractivity contribution in [3.05, 3.63) is 39.9 Å². The van der Waals surface area contributed by atoms with Crippen molar-refractivity contribution in [2.75, 3.05) is 0 Å². The van der Waals surface area contributed by atoms with Crippen molar-refractivity contribution in [2.24, 2.45) is 0 Å². The maximum atomic E-state index is 12.8. The summed E-state index contributed by atoms with van der Waals surface area (Å²) in [6.07, 6.45) is 0. The Balaban J connectivity index is 3.72. The third kappa shape index (κ3) is 1.87. The van der Waals surface area contributed by atoms with Crippen molar-refractivity contribution in [1.82, 2.24) is 0 Å². The summed E-state index contributed by atoms with van der Waals surface area (Å²) < 4.78 is 87.9. The molecule has 0 amide bonds. The molecular formula is C8ClF7. The molecule has 0 spiro atoms. The van der Waals surface area contributed by atoms with E-state index in [9.17, 15) is 30.7 Å². The van der Waals surface area contributed by atoms with Crippen molar-refractivity contribution >= 4 is 17.4 Å². The Morgan fingerprint density at radius 3 is 1.31 bits per heavy atom. The summed E-state index contributed by atoms with van der Waals surface area (Å²) in [5.74, 6) is -14.6. The van der Waals surface area contributed by atoms with Gasteiger partial charge in [-0.05, 0) is 11.6 Å². The molecule has 0 aliphatic carbocycles. The van der Waals surface area contributed by atoms with Crippen LogP contribution >= 0.6 is 11.6 Å². The van der Waals surface area contributed by atoms with Crippen molar-refractivity contribution in [3.63, 3.8) is 0 Å². The summed E-state index contributed by atoms with van der Waals surface area (Å²) in [7, 11) is 0. The first kappa shape index (κ1) is 12.8. The summed E-state index contributed by atoms with van der Waals surface area (Å²) in [4.78, 5) is 0. The number of benzene rings is 1. The van der Waals surface area contributed by atoms with Crippen molar-refractivity contribution in [2.45, 2.75) is 0 Å². The molecule has 0 saturated carbocycles. The second kappa shape index (κ2) is 4.32. The molecule has 0 nitrogen and oxygen atoms in total. The molecule has 1 rings (SSSR count). The Kier molecular flexibility index (Phi) is 3.47. The highest BCUT2D eigenvalue weighted by Crippen LogP contribution is 2.32. The van der Waals surface area contributed by atoms with Gasteiger partial charge in [-0.3, -0.25) is 0 Å². The maximum Gasteiger partial charge on any atom is 0.225 e. The van der Waals surface area contributed by atoms with Crippen LogP contribution in [0.5, 0.6) is 0 Å². The van der Waals surface area contributed by atoms with Gasteiger partial charge in [0.15, 0.2) is 29.1 Å². The van der Waals surface area contributed by atoms with E-state index in [1.165, 1.54) is 0 Å². The van der Waals surface area contributed by atoms with E-state index in [1.807, 2.05) is 0 Å². The van der Waals surface area contributed by atoms with Crippen LogP contribution in [0.1, 0.15) is 5.56 Å². The first-order chi connectivity index (χ1) is 7.29. The van der Waals surface area contributed by atoms with E-state index in [2.05, 4.69) is 11.6 Å². The lowest BCUT2D eigenvalue weighted by Crippen LogP contribution is -2.05. The summed E-state index contributed by atoms with van der Waals surface area (Å²) in [6, 6.07) is 0. The van der Waals surface area contributed by atoms with Crippen molar-refractivity contribution in [3.8, 4) is 0 Å². The van der Waals surface area contributed by atoms with E-state index >= 15 is 0 Å². The van der Waals surface area contributed by atoms with E-state index in [1.54, 1.807) is 0 Å². The summed E-state index contributed by atoms with van der Waals surface area (Å²) in [5.41, 5.74) is -2.04. The zero-order chi connectivity index (χ0) is 12.6. The molecule has 0 radical (unpaired) electrons. The maximum absolute atomic E-state index is 12.8. The molecule has 0 bridgehead atoms. The molecule has 0 aliphatic heterocycles. The Hall–Kier alpha value is -1.24. The summed E-state index contributed by atoms with van der Waals surface area (Å²) >= 11 is 4.42. The van der Waals surface area contributed by atoms with Crippen LogP contribution in [-0.2, 0) is 0 Å². The highest BCUT2D eigenvalue weighted by atomic mass is 35.5. The quantitative estimate of drug-likeness (QED) is 0.405. The van der Waals surface area contributed by atoms with Crippen molar-refractivity contribution in [1.29, 1.82) is 0 Å². The average molecular weight is 265 g/mol. The minimum atomic E-state index is -2.47. The van der Waals surface area contributed by atoms with Crippen LogP contribution in [0.15, 0.2) is 5.29 Å². The van der Waals surface area contributed by atoms with Crippen LogP contribution < -0.4 is 0 Å². The molecular weight excluding hydrogens is 265 g/mol. The molecule has 0 unspecified atom stereocenters. The highest BCUT2D eigenvalue weighted by Gasteiger charge is 2.29. The number of hydrogen-bond donors (Lipinski definition) is 0. The van der Waals surface area contributed by atoms with E-state index in [4.69, 9.17) is 0 Å². The predicted molar refractivity (Wildman–Crippen MR) is 41.2 cm³/mol. The lowest BCUT2D eigenvalue weighted by atomic mass is 10.1. The van der Waals surface area contributed by atoms with E-state index in [-0.39, 0.29) is 0 Å². The molecule has 88 valence electrons. The molecule has 16 heavy (non-hydrogen) atoms. The van der Waals surface area contributed by atoms with Crippen molar-refractivity contribution < 1.29 is 30.7 Å². The van der Waals surface area contributed by atoms with Gasteiger partial charge in [0.1, 0.15) is 0 Å². The largest absolute Gasteiger partial charge is 0.225 e. The predicted octanol–water partition coefficient (Wildman–Crippen LogP) is 4.19. The topological polar surface area (TPSA) is 0 Å². The second-order valence-corrected chi connectivity index (χ2v) is 2.85. The summed E-state index contributed by atoms with van der Waals surface area (Å²) in [6.45, 7) is 0. The number of rotatable bonds is 1. The Labute approximate surface area is 88.9 Å². The van der Waals surface area contributed by atoms with E-state index < -0.39 is 45.8 Å². The van der Waals surface area contributed by atoms with Crippen LogP contribution in [0, 0.1) is 29.1 Å². The van der Waals surface area contributed by atoms with Crippen LogP contribution in [0.2, 0.25) is 0 Å². The minimum Gasteiger partial charge on any atom is -0.203 e. The molecule has 0 aliphatic rings. The van der Waals surface area contributed by atoms with Gasteiger partial charge in [-0.25, -0.2) is 26.3 Å². The molecule has 0 fully saturated rings. The van der Waals surface area contributed by atoms with Gasteiger partial charge in [-0.1, -0.05) is 0 Å². The molecule has 1 aromatic rings. The van der Waals surface area contributed by atoms with Crippen LogP contribution in [0.3, 0.4) is 0 Å². The molecule has 0 N–H and O–H groups in total. The van der Waals surface area contributed by atoms with Crippen LogP contribution in [-0.4, -0.2) is 0 Å². The van der Waals surface area contributed by atoms with Crippen LogP contribution in [0.4, 0.5) is 30.7 Å². The molecule has 0 heterocycles. The fourth-order valence-corrected chi connectivity index (χ4v) is 0.987. The third-order valence-electron chi connectivity index (χ3n) is 1.60. The van der Waals surface area contributed by atoms with Gasteiger partial charge in [0, 0.05) is 0 Å². The molecule has 0 saturated heterocycles. The van der Waals surface area contributed by atoms with E-state index in [0.717, 1.165) is 0 Å². The normalized spacial score (nSPS) is 12.8. The zero-order valence-corrected chi connectivity index (χ0v) is 7.78. The van der Waals surface area contributed by atoms with Crippen LogP contribution in [0.25, 0.3) is 5.83 Å². The van der Waals surface area contributed by atoms with Gasteiger partial charge >= 0.3 is 0 Å². The van der Waals surface area contributed by atoms with Gasteiger partial charge in [0.25, 0.3) is 0 Å². The summed E-state index contributed by atoms with van der Waals surface area (Å²) in [5, 5.41) is -2.22. The van der Waals surface area contributed by atoms with E-state index in [0.29, 0.717) is 0 Å². The minimum absolute atomic E-state index is 2.04. The highest BCUT2D eigenvalue weighted by molar-refractivity contribution is 6.30. The zero-order valence-electron chi connectivity index (χ0n) is 7.02. The fourth-order valence-electron chi connectivity index (χ4n) is 0.892. The Bertz CT molecular complexity index is 447. The van der Waals surface area contributed by atoms with Gasteiger partial charge in [0.05, 0.1) is 5.56 Å². The standard InChI is InChI=1S/C8ClF7/c9-8(16)4(12)1-2(10)5(13)7(15)6(14)3(1)11/b8-4+. The molecule has 0 aromatic heterocycles. The van der Waals surface area contributed by atoms with Gasteiger partial charge < -0.3 is 0 Å². The first-order valence-corrected chi connectivity index (χ1v) is 3.89. The average Bonchev–Trinajstić information content (AvgIpc) is 2.23. The SMILES string of the molecule is F/C(Cl)=C(/F)c1c(F)c(F)c(F)c(F)c1F. The molecule has 0 atom stereocenters. The van der Waals surface area contributed by atoms with Gasteiger partial charge in [-0.2, -0.15) is 4.39 Å². The lowest BCUT2D eigenvalue weighted by molar-refractivity contribution is 0.374. The Morgan fingerprint density at radius 2 is 1.00 bits per heavy atom. The van der Waals surface area contributed by atoms with Gasteiger partial charge in [-0.15, -0.1) is 0 Å². The third-order valence-corrected chi connectivity index (χ3v) is 1.76. The van der Waals surface area contributed by atoms with Gasteiger partial charge in [0.2, 0.25) is 11.1 Å². The monoisotopic (exact) mass is 264 g/mol. The number of halogens is 8. The fraction of sp³-hybridized carbons (Fsp3) is 0. The smallest absolute Gasteiger partial charge is 0.203 e. The number of hydrogen-bond acceptors (Lipinski definition) is 0. The second-order valence-electron chi connectivity index (χ2n) is 2.52. The Morgan fingerprint density at radius 1 is 0.688 bits per heavy atom. The first-order valence-electron chi connectivity index (χ1n) is 3.51. The lowest BCUT2D eigenvalue weighted by Gasteiger charge is -2.05. The molecule has 8 heteroatoms. The molecule has 1 aromatic carbocycles.